The van der Waals surface area contributed by atoms with E-state index in [-0.39, 0.29) is 24.1 Å². The van der Waals surface area contributed by atoms with E-state index in [0.29, 0.717) is 6.61 Å². The molecule has 0 saturated heterocycles. The maximum atomic E-state index is 11.7. The Morgan fingerprint density at radius 2 is 2.14 bits per heavy atom. The van der Waals surface area contributed by atoms with Crippen molar-refractivity contribution in [2.45, 2.75) is 43.6 Å². The van der Waals surface area contributed by atoms with Crippen molar-refractivity contribution in [3.63, 3.8) is 0 Å². The SMILES string of the molecule is CC(C)(C)OC(=O)CSc1ccc2c(c1)C(CC(=O)O)CO2. The molecular weight excluding hydrogens is 304 g/mol. The molecule has 0 spiro atoms. The van der Waals surface area contributed by atoms with E-state index in [2.05, 4.69) is 0 Å². The minimum Gasteiger partial charge on any atom is -0.493 e. The van der Waals surface area contributed by atoms with Gasteiger partial charge in [0.05, 0.1) is 18.8 Å². The van der Waals surface area contributed by atoms with Crippen LogP contribution in [0.5, 0.6) is 5.75 Å². The van der Waals surface area contributed by atoms with Crippen molar-refractivity contribution in [2.75, 3.05) is 12.4 Å². The van der Waals surface area contributed by atoms with Gasteiger partial charge in [0.2, 0.25) is 0 Å². The normalized spacial score (nSPS) is 16.8. The molecule has 0 saturated carbocycles. The van der Waals surface area contributed by atoms with E-state index in [1.54, 1.807) is 0 Å². The summed E-state index contributed by atoms with van der Waals surface area (Å²) in [6, 6.07) is 5.61. The van der Waals surface area contributed by atoms with Crippen molar-refractivity contribution in [2.24, 2.45) is 0 Å². The van der Waals surface area contributed by atoms with Gasteiger partial charge in [-0.3, -0.25) is 9.59 Å². The van der Waals surface area contributed by atoms with Crippen molar-refractivity contribution < 1.29 is 24.2 Å². The van der Waals surface area contributed by atoms with Crippen LogP contribution in [0.2, 0.25) is 0 Å². The topological polar surface area (TPSA) is 72.8 Å². The number of carboxylic acids is 1. The van der Waals surface area contributed by atoms with Gasteiger partial charge < -0.3 is 14.6 Å². The molecule has 1 unspecified atom stereocenters. The Balaban J connectivity index is 1.99. The molecule has 0 aliphatic carbocycles. The van der Waals surface area contributed by atoms with Crippen molar-refractivity contribution in [3.05, 3.63) is 23.8 Å². The highest BCUT2D eigenvalue weighted by Gasteiger charge is 2.26. The molecule has 1 heterocycles. The Morgan fingerprint density at radius 3 is 2.77 bits per heavy atom. The van der Waals surface area contributed by atoms with E-state index in [1.165, 1.54) is 11.8 Å². The molecule has 22 heavy (non-hydrogen) atoms. The second-order valence-electron chi connectivity index (χ2n) is 6.18. The maximum Gasteiger partial charge on any atom is 0.316 e. The Bertz CT molecular complexity index is 576. The van der Waals surface area contributed by atoms with Gasteiger partial charge in [-0.1, -0.05) is 0 Å². The van der Waals surface area contributed by atoms with Crippen molar-refractivity contribution in [1.82, 2.24) is 0 Å². The molecule has 1 aliphatic heterocycles. The smallest absolute Gasteiger partial charge is 0.316 e. The number of hydrogen-bond donors (Lipinski definition) is 1. The third-order valence-electron chi connectivity index (χ3n) is 3.06. The second-order valence-corrected chi connectivity index (χ2v) is 7.23. The highest BCUT2D eigenvalue weighted by atomic mass is 32.2. The molecule has 0 aromatic heterocycles. The number of fused-ring (bicyclic) bond motifs is 1. The zero-order chi connectivity index (χ0) is 16.3. The number of thioether (sulfide) groups is 1. The van der Waals surface area contributed by atoms with Crippen LogP contribution >= 0.6 is 11.8 Å². The van der Waals surface area contributed by atoms with Gasteiger partial charge in [0.15, 0.2) is 0 Å². The van der Waals surface area contributed by atoms with Gasteiger partial charge in [0, 0.05) is 16.4 Å². The summed E-state index contributed by atoms with van der Waals surface area (Å²) < 4.78 is 10.8. The third-order valence-corrected chi connectivity index (χ3v) is 4.03. The van der Waals surface area contributed by atoms with E-state index < -0.39 is 11.6 Å². The first-order valence-electron chi connectivity index (χ1n) is 7.08. The molecule has 0 bridgehead atoms. The molecule has 2 rings (SSSR count). The van der Waals surface area contributed by atoms with Crippen LogP contribution in [0.25, 0.3) is 0 Å². The summed E-state index contributed by atoms with van der Waals surface area (Å²) in [6.07, 6.45) is 0.0488. The molecular formula is C16H20O5S. The van der Waals surface area contributed by atoms with Crippen LogP contribution in [0.15, 0.2) is 23.1 Å². The summed E-state index contributed by atoms with van der Waals surface area (Å²) in [7, 11) is 0. The van der Waals surface area contributed by atoms with Crippen LogP contribution in [0.1, 0.15) is 38.7 Å². The number of carbonyl (C=O) groups excluding carboxylic acids is 1. The van der Waals surface area contributed by atoms with E-state index in [0.717, 1.165) is 16.2 Å². The van der Waals surface area contributed by atoms with Crippen LogP contribution in [0.3, 0.4) is 0 Å². The molecule has 1 aromatic carbocycles. The van der Waals surface area contributed by atoms with Crippen molar-refractivity contribution in [3.8, 4) is 5.75 Å². The number of rotatable bonds is 5. The molecule has 1 aromatic rings. The van der Waals surface area contributed by atoms with Crippen LogP contribution in [0.4, 0.5) is 0 Å². The number of benzene rings is 1. The van der Waals surface area contributed by atoms with Gasteiger partial charge in [0.1, 0.15) is 11.4 Å². The average molecular weight is 324 g/mol. The van der Waals surface area contributed by atoms with E-state index >= 15 is 0 Å². The molecule has 1 aliphatic rings. The molecule has 0 amide bonds. The van der Waals surface area contributed by atoms with Gasteiger partial charge in [0.25, 0.3) is 0 Å². The summed E-state index contributed by atoms with van der Waals surface area (Å²) in [5.74, 6) is -0.285. The Hall–Kier alpha value is -1.69. The molecule has 1 N–H and O–H groups in total. The van der Waals surface area contributed by atoms with Gasteiger partial charge >= 0.3 is 11.9 Å². The lowest BCUT2D eigenvalue weighted by atomic mass is 9.98. The lowest BCUT2D eigenvalue weighted by Gasteiger charge is -2.19. The summed E-state index contributed by atoms with van der Waals surface area (Å²) in [5, 5.41) is 8.93. The quantitative estimate of drug-likeness (QED) is 0.663. The summed E-state index contributed by atoms with van der Waals surface area (Å²) in [6.45, 7) is 5.89. The van der Waals surface area contributed by atoms with Crippen LogP contribution in [-0.2, 0) is 14.3 Å². The predicted octanol–water partition coefficient (Wildman–Crippen LogP) is 3.07. The molecule has 0 radical (unpaired) electrons. The molecule has 1 atom stereocenters. The average Bonchev–Trinajstić information content (AvgIpc) is 2.76. The number of ether oxygens (including phenoxy) is 2. The Kier molecular flexibility index (Phi) is 5.01. The Labute approximate surface area is 134 Å². The van der Waals surface area contributed by atoms with E-state index in [4.69, 9.17) is 14.6 Å². The zero-order valence-electron chi connectivity index (χ0n) is 12.9. The minimum absolute atomic E-state index is 0.0488. The molecule has 5 nitrogen and oxygen atoms in total. The van der Waals surface area contributed by atoms with Crippen LogP contribution in [0, 0.1) is 0 Å². The summed E-state index contributed by atoms with van der Waals surface area (Å²) >= 11 is 1.38. The first-order valence-corrected chi connectivity index (χ1v) is 8.06. The van der Waals surface area contributed by atoms with E-state index in [1.807, 2.05) is 39.0 Å². The standard InChI is InChI=1S/C16H20O5S/c1-16(2,3)21-15(19)9-22-11-4-5-13-12(7-11)10(8-20-13)6-14(17)18/h4-5,7,10H,6,8-9H2,1-3H3,(H,17,18). The van der Waals surface area contributed by atoms with Gasteiger partial charge in [-0.05, 0) is 39.0 Å². The predicted molar refractivity (Wildman–Crippen MR) is 83.5 cm³/mol. The summed E-state index contributed by atoms with van der Waals surface area (Å²) in [4.78, 5) is 23.5. The lowest BCUT2D eigenvalue weighted by Crippen LogP contribution is -2.24. The Morgan fingerprint density at radius 1 is 1.41 bits per heavy atom. The van der Waals surface area contributed by atoms with Crippen LogP contribution < -0.4 is 4.74 Å². The third kappa shape index (κ3) is 4.66. The first kappa shape index (κ1) is 16.7. The first-order chi connectivity index (χ1) is 10.2. The van der Waals surface area contributed by atoms with E-state index in [9.17, 15) is 9.59 Å². The van der Waals surface area contributed by atoms with Crippen LogP contribution in [-0.4, -0.2) is 35.0 Å². The number of carbonyl (C=O) groups is 2. The van der Waals surface area contributed by atoms with Gasteiger partial charge in [-0.15, -0.1) is 11.8 Å². The minimum atomic E-state index is -0.840. The largest absolute Gasteiger partial charge is 0.493 e. The van der Waals surface area contributed by atoms with Crippen molar-refractivity contribution in [1.29, 1.82) is 0 Å². The number of carboxylic acid groups (broad SMARTS) is 1. The van der Waals surface area contributed by atoms with Crippen molar-refractivity contribution >= 4 is 23.7 Å². The molecule has 6 heteroatoms. The lowest BCUT2D eigenvalue weighted by molar-refractivity contribution is -0.151. The van der Waals surface area contributed by atoms with Gasteiger partial charge in [-0.25, -0.2) is 0 Å². The molecule has 120 valence electrons. The number of aliphatic carboxylic acids is 1. The second kappa shape index (κ2) is 6.60. The number of esters is 1. The highest BCUT2D eigenvalue weighted by molar-refractivity contribution is 8.00. The fraction of sp³-hybridized carbons (Fsp3) is 0.500. The highest BCUT2D eigenvalue weighted by Crippen LogP contribution is 2.38. The fourth-order valence-electron chi connectivity index (χ4n) is 2.24. The number of hydrogen-bond acceptors (Lipinski definition) is 5. The summed E-state index contributed by atoms with van der Waals surface area (Å²) in [5.41, 5.74) is 0.410. The zero-order valence-corrected chi connectivity index (χ0v) is 13.7. The molecule has 0 fully saturated rings. The van der Waals surface area contributed by atoms with Gasteiger partial charge in [-0.2, -0.15) is 0 Å². The monoisotopic (exact) mass is 324 g/mol. The maximum absolute atomic E-state index is 11.7. The fourth-order valence-corrected chi connectivity index (χ4v) is 2.96.